The van der Waals surface area contributed by atoms with E-state index in [1.165, 1.54) is 0 Å². The molecule has 96 valence electrons. The van der Waals surface area contributed by atoms with Crippen LogP contribution in [0.2, 0.25) is 0 Å². The predicted octanol–water partition coefficient (Wildman–Crippen LogP) is 2.21. The van der Waals surface area contributed by atoms with E-state index in [1.807, 2.05) is 13.8 Å². The smallest absolute Gasteiger partial charge is 0.170 e. The summed E-state index contributed by atoms with van der Waals surface area (Å²) in [5.74, 6) is 1.46. The van der Waals surface area contributed by atoms with E-state index in [0.29, 0.717) is 24.3 Å². The van der Waals surface area contributed by atoms with Gasteiger partial charge in [0, 0.05) is 6.07 Å². The molecule has 0 aromatic heterocycles. The summed E-state index contributed by atoms with van der Waals surface area (Å²) >= 11 is 0. The van der Waals surface area contributed by atoms with Crippen LogP contribution >= 0.6 is 0 Å². The van der Waals surface area contributed by atoms with Crippen LogP contribution in [-0.4, -0.2) is 30.7 Å². The molecule has 2 aliphatic heterocycles. The fourth-order valence-corrected chi connectivity index (χ4v) is 2.08. The van der Waals surface area contributed by atoms with Crippen LogP contribution in [0, 0.1) is 0 Å². The number of hydrogen-bond donors (Lipinski definition) is 0. The van der Waals surface area contributed by atoms with Gasteiger partial charge in [0.25, 0.3) is 0 Å². The molecule has 0 radical (unpaired) electrons. The molecule has 0 bridgehead atoms. The number of benzene rings is 1. The molecule has 4 heteroatoms. The molecule has 1 atom stereocenters. The van der Waals surface area contributed by atoms with E-state index < -0.39 is 5.60 Å². The van der Waals surface area contributed by atoms with Gasteiger partial charge in [-0.25, -0.2) is 0 Å². The summed E-state index contributed by atoms with van der Waals surface area (Å²) in [4.78, 5) is 11.9. The first kappa shape index (κ1) is 11.5. The van der Waals surface area contributed by atoms with E-state index in [4.69, 9.17) is 14.2 Å². The lowest BCUT2D eigenvalue weighted by atomic mass is 9.93. The standard InChI is InChI=1S/C14H16O4/c1-14(2)6-12(15)11-4-3-9(5-13(11)18-14)16-7-10-8-17-10/h3-5,10H,6-8H2,1-2H3. The summed E-state index contributed by atoms with van der Waals surface area (Å²) < 4.78 is 16.5. The molecule has 2 heterocycles. The average Bonchev–Trinajstić information content (AvgIpc) is 3.07. The first-order chi connectivity index (χ1) is 8.53. The van der Waals surface area contributed by atoms with E-state index in [9.17, 15) is 4.79 Å². The highest BCUT2D eigenvalue weighted by atomic mass is 16.6. The van der Waals surface area contributed by atoms with Crippen molar-refractivity contribution in [1.82, 2.24) is 0 Å². The highest BCUT2D eigenvalue weighted by Crippen LogP contribution is 2.35. The van der Waals surface area contributed by atoms with Crippen LogP contribution in [0.5, 0.6) is 11.5 Å². The van der Waals surface area contributed by atoms with E-state index in [0.717, 1.165) is 12.4 Å². The van der Waals surface area contributed by atoms with E-state index in [2.05, 4.69) is 0 Å². The largest absolute Gasteiger partial charge is 0.491 e. The third kappa shape index (κ3) is 2.34. The van der Waals surface area contributed by atoms with Crippen molar-refractivity contribution in [2.24, 2.45) is 0 Å². The normalized spacial score (nSPS) is 24.1. The minimum Gasteiger partial charge on any atom is -0.491 e. The third-order valence-corrected chi connectivity index (χ3v) is 3.06. The first-order valence-corrected chi connectivity index (χ1v) is 6.14. The number of epoxide rings is 1. The summed E-state index contributed by atoms with van der Waals surface area (Å²) in [7, 11) is 0. The molecule has 1 fully saturated rings. The SMILES string of the molecule is CC1(C)CC(=O)c2ccc(OCC3CO3)cc2O1. The fraction of sp³-hybridized carbons (Fsp3) is 0.500. The third-order valence-electron chi connectivity index (χ3n) is 3.06. The minimum absolute atomic E-state index is 0.123. The van der Waals surface area contributed by atoms with E-state index in [1.54, 1.807) is 18.2 Å². The van der Waals surface area contributed by atoms with Gasteiger partial charge in [-0.2, -0.15) is 0 Å². The second-order valence-corrected chi connectivity index (χ2v) is 5.39. The second kappa shape index (κ2) is 3.99. The summed E-state index contributed by atoms with van der Waals surface area (Å²) in [6.45, 7) is 5.15. The van der Waals surface area contributed by atoms with Gasteiger partial charge in [-0.15, -0.1) is 0 Å². The van der Waals surface area contributed by atoms with E-state index in [-0.39, 0.29) is 11.9 Å². The molecule has 1 saturated heterocycles. The van der Waals surface area contributed by atoms with Crippen LogP contribution in [0.1, 0.15) is 30.6 Å². The molecule has 1 aromatic rings. The maximum Gasteiger partial charge on any atom is 0.170 e. The topological polar surface area (TPSA) is 48.1 Å². The molecule has 0 N–H and O–H groups in total. The molecule has 0 spiro atoms. The number of Topliss-reactive ketones (excluding diaryl/α,β-unsaturated/α-hetero) is 1. The van der Waals surface area contributed by atoms with Crippen LogP contribution in [0.15, 0.2) is 18.2 Å². The Labute approximate surface area is 106 Å². The monoisotopic (exact) mass is 248 g/mol. The number of ether oxygens (including phenoxy) is 3. The molecule has 2 aliphatic rings. The van der Waals surface area contributed by atoms with Crippen molar-refractivity contribution >= 4 is 5.78 Å². The maximum absolute atomic E-state index is 11.9. The van der Waals surface area contributed by atoms with Crippen molar-refractivity contribution in [3.8, 4) is 11.5 Å². The number of carbonyl (C=O) groups excluding carboxylic acids is 1. The molecular formula is C14H16O4. The van der Waals surface area contributed by atoms with Gasteiger partial charge in [0.05, 0.1) is 18.6 Å². The van der Waals surface area contributed by atoms with Crippen molar-refractivity contribution in [2.45, 2.75) is 32.0 Å². The lowest BCUT2D eigenvalue weighted by Gasteiger charge is -2.31. The van der Waals surface area contributed by atoms with Gasteiger partial charge < -0.3 is 14.2 Å². The Morgan fingerprint density at radius 3 is 2.94 bits per heavy atom. The molecule has 0 saturated carbocycles. The molecule has 0 amide bonds. The van der Waals surface area contributed by atoms with Crippen LogP contribution in [0.25, 0.3) is 0 Å². The number of ketones is 1. The first-order valence-electron chi connectivity index (χ1n) is 6.14. The second-order valence-electron chi connectivity index (χ2n) is 5.39. The highest BCUT2D eigenvalue weighted by Gasteiger charge is 2.32. The quantitative estimate of drug-likeness (QED) is 0.769. The Balaban J connectivity index is 1.82. The summed E-state index contributed by atoms with van der Waals surface area (Å²) in [5, 5.41) is 0. The zero-order valence-corrected chi connectivity index (χ0v) is 10.6. The van der Waals surface area contributed by atoms with Gasteiger partial charge in [-0.05, 0) is 26.0 Å². The summed E-state index contributed by atoms with van der Waals surface area (Å²) in [6.07, 6.45) is 0.635. The van der Waals surface area contributed by atoms with Gasteiger partial charge in [0.2, 0.25) is 0 Å². The van der Waals surface area contributed by atoms with Crippen LogP contribution < -0.4 is 9.47 Å². The number of carbonyl (C=O) groups is 1. The molecule has 1 unspecified atom stereocenters. The zero-order valence-electron chi connectivity index (χ0n) is 10.6. The van der Waals surface area contributed by atoms with Gasteiger partial charge in [0.15, 0.2) is 5.78 Å². The van der Waals surface area contributed by atoms with Gasteiger partial charge in [-0.1, -0.05) is 0 Å². The lowest BCUT2D eigenvalue weighted by Crippen LogP contribution is -2.35. The Morgan fingerprint density at radius 2 is 2.22 bits per heavy atom. The van der Waals surface area contributed by atoms with Crippen LogP contribution in [0.4, 0.5) is 0 Å². The molecule has 0 aliphatic carbocycles. The van der Waals surface area contributed by atoms with Gasteiger partial charge in [-0.3, -0.25) is 4.79 Å². The maximum atomic E-state index is 11.9. The lowest BCUT2D eigenvalue weighted by molar-refractivity contribution is 0.0618. The summed E-state index contributed by atoms with van der Waals surface area (Å²) in [6, 6.07) is 5.37. The molecule has 18 heavy (non-hydrogen) atoms. The Kier molecular flexibility index (Phi) is 2.55. The Morgan fingerprint density at radius 1 is 1.44 bits per heavy atom. The van der Waals surface area contributed by atoms with Crippen molar-refractivity contribution in [1.29, 1.82) is 0 Å². The number of rotatable bonds is 3. The van der Waals surface area contributed by atoms with Crippen LogP contribution in [0.3, 0.4) is 0 Å². The highest BCUT2D eigenvalue weighted by molar-refractivity contribution is 6.00. The van der Waals surface area contributed by atoms with Gasteiger partial charge in [0.1, 0.15) is 29.8 Å². The molecule has 3 rings (SSSR count). The fourth-order valence-electron chi connectivity index (χ4n) is 2.08. The number of hydrogen-bond acceptors (Lipinski definition) is 4. The predicted molar refractivity (Wildman–Crippen MR) is 65.3 cm³/mol. The van der Waals surface area contributed by atoms with Crippen molar-refractivity contribution in [3.05, 3.63) is 23.8 Å². The zero-order chi connectivity index (χ0) is 12.8. The van der Waals surface area contributed by atoms with Crippen LogP contribution in [-0.2, 0) is 4.74 Å². The van der Waals surface area contributed by atoms with Crippen molar-refractivity contribution in [2.75, 3.05) is 13.2 Å². The minimum atomic E-state index is -0.442. The number of fused-ring (bicyclic) bond motifs is 1. The average molecular weight is 248 g/mol. The van der Waals surface area contributed by atoms with E-state index >= 15 is 0 Å². The van der Waals surface area contributed by atoms with Gasteiger partial charge >= 0.3 is 0 Å². The Bertz CT molecular complexity index is 489. The molecule has 1 aromatic carbocycles. The molecular weight excluding hydrogens is 232 g/mol. The van der Waals surface area contributed by atoms with Crippen molar-refractivity contribution < 1.29 is 19.0 Å². The molecule has 4 nitrogen and oxygen atoms in total. The van der Waals surface area contributed by atoms with Crippen molar-refractivity contribution in [3.63, 3.8) is 0 Å². The Hall–Kier alpha value is -1.55. The summed E-state index contributed by atoms with van der Waals surface area (Å²) in [5.41, 5.74) is 0.201.